The second-order valence-electron chi connectivity index (χ2n) is 5.63. The van der Waals surface area contributed by atoms with Crippen molar-refractivity contribution in [2.24, 2.45) is 5.73 Å². The molecule has 3 rings (SSSR count). The molecular weight excluding hydrogens is 260 g/mol. The average molecular weight is 280 g/mol. The maximum Gasteiger partial charge on any atom is 0.144 e. The summed E-state index contributed by atoms with van der Waals surface area (Å²) in [5.74, 6) is 0.869. The van der Waals surface area contributed by atoms with Crippen LogP contribution in [0, 0.1) is 12.3 Å². The summed E-state index contributed by atoms with van der Waals surface area (Å²) in [5, 5.41) is 7.90. The molecule has 1 atom stereocenters. The van der Waals surface area contributed by atoms with Gasteiger partial charge in [-0.25, -0.2) is 4.98 Å². The van der Waals surface area contributed by atoms with Gasteiger partial charge in [-0.3, -0.25) is 5.41 Å². The van der Waals surface area contributed by atoms with Gasteiger partial charge in [-0.05, 0) is 49.9 Å². The number of aromatic nitrogens is 1. The summed E-state index contributed by atoms with van der Waals surface area (Å²) in [6.07, 6.45) is 3.94. The fraction of sp³-hybridized carbons (Fsp3) is 0.294. The molecule has 3 N–H and O–H groups in total. The number of nitrogen functional groups attached to an aromatic ring is 1. The van der Waals surface area contributed by atoms with Crippen molar-refractivity contribution in [1.29, 1.82) is 5.41 Å². The molecule has 0 fully saturated rings. The maximum absolute atomic E-state index is 7.90. The molecule has 1 aromatic heterocycles. The predicted molar refractivity (Wildman–Crippen MR) is 86.4 cm³/mol. The van der Waals surface area contributed by atoms with Gasteiger partial charge in [-0.2, -0.15) is 0 Å². The van der Waals surface area contributed by atoms with Gasteiger partial charge < -0.3 is 10.6 Å². The SMILES string of the molecule is Cc1ccnc(N2c3ccccc3CCC2C)c1C(=N)N. The number of nitrogens with one attached hydrogen (secondary N) is 1. The molecular formula is C17H20N4. The number of rotatable bonds is 2. The summed E-state index contributed by atoms with van der Waals surface area (Å²) in [4.78, 5) is 6.76. The number of hydrogen-bond donors (Lipinski definition) is 2. The van der Waals surface area contributed by atoms with Crippen LogP contribution >= 0.6 is 0 Å². The van der Waals surface area contributed by atoms with E-state index in [4.69, 9.17) is 11.1 Å². The third-order valence-electron chi connectivity index (χ3n) is 4.16. The van der Waals surface area contributed by atoms with E-state index < -0.39 is 0 Å². The van der Waals surface area contributed by atoms with E-state index in [1.807, 2.05) is 19.1 Å². The van der Waals surface area contributed by atoms with Gasteiger partial charge in [0.25, 0.3) is 0 Å². The van der Waals surface area contributed by atoms with Crippen LogP contribution in [0.2, 0.25) is 0 Å². The third kappa shape index (κ3) is 2.27. The first-order valence-electron chi connectivity index (χ1n) is 7.26. The van der Waals surface area contributed by atoms with Crippen LogP contribution in [-0.2, 0) is 6.42 Å². The fourth-order valence-corrected chi connectivity index (χ4v) is 3.07. The number of anilines is 2. The molecule has 0 aliphatic carbocycles. The van der Waals surface area contributed by atoms with E-state index in [0.717, 1.165) is 29.8 Å². The van der Waals surface area contributed by atoms with Crippen molar-refractivity contribution >= 4 is 17.3 Å². The maximum atomic E-state index is 7.90. The van der Waals surface area contributed by atoms with E-state index in [2.05, 4.69) is 35.0 Å². The third-order valence-corrected chi connectivity index (χ3v) is 4.16. The Labute approximate surface area is 125 Å². The minimum atomic E-state index is 0.0749. The Kier molecular flexibility index (Phi) is 3.37. The number of benzene rings is 1. The predicted octanol–water partition coefficient (Wildman–Crippen LogP) is 3.15. The topological polar surface area (TPSA) is 66.0 Å². The molecule has 1 aromatic carbocycles. The van der Waals surface area contributed by atoms with Gasteiger partial charge in [0, 0.05) is 17.9 Å². The standard InChI is InChI=1S/C17H20N4/c1-11-9-10-20-17(15(11)16(18)19)21-12(2)7-8-13-5-3-4-6-14(13)21/h3-6,9-10,12H,7-8H2,1-2H3,(H3,18,19). The second kappa shape index (κ2) is 5.20. The van der Waals surface area contributed by atoms with Gasteiger partial charge in [-0.1, -0.05) is 18.2 Å². The molecule has 108 valence electrons. The highest BCUT2D eigenvalue weighted by Crippen LogP contribution is 2.37. The van der Waals surface area contributed by atoms with Crippen LogP contribution in [0.1, 0.15) is 30.0 Å². The Morgan fingerprint density at radius 2 is 2.10 bits per heavy atom. The van der Waals surface area contributed by atoms with E-state index in [-0.39, 0.29) is 5.84 Å². The van der Waals surface area contributed by atoms with Crippen LogP contribution in [0.4, 0.5) is 11.5 Å². The molecule has 21 heavy (non-hydrogen) atoms. The highest BCUT2D eigenvalue weighted by Gasteiger charge is 2.27. The molecule has 0 radical (unpaired) electrons. The molecule has 0 saturated carbocycles. The smallest absolute Gasteiger partial charge is 0.144 e. The lowest BCUT2D eigenvalue weighted by Crippen LogP contribution is -2.35. The number of nitrogens with two attached hydrogens (primary N) is 1. The highest BCUT2D eigenvalue weighted by atomic mass is 15.2. The number of fused-ring (bicyclic) bond motifs is 1. The van der Waals surface area contributed by atoms with Gasteiger partial charge in [0.1, 0.15) is 11.7 Å². The lowest BCUT2D eigenvalue weighted by Gasteiger charge is -2.37. The van der Waals surface area contributed by atoms with Gasteiger partial charge >= 0.3 is 0 Å². The van der Waals surface area contributed by atoms with Crippen molar-refractivity contribution in [2.45, 2.75) is 32.7 Å². The number of aryl methyl sites for hydroxylation is 2. The molecule has 0 spiro atoms. The van der Waals surface area contributed by atoms with Crippen LogP contribution < -0.4 is 10.6 Å². The minimum absolute atomic E-state index is 0.0749. The van der Waals surface area contributed by atoms with E-state index >= 15 is 0 Å². The van der Waals surface area contributed by atoms with Crippen LogP contribution in [-0.4, -0.2) is 16.9 Å². The summed E-state index contributed by atoms with van der Waals surface area (Å²) < 4.78 is 0. The molecule has 1 unspecified atom stereocenters. The van der Waals surface area contributed by atoms with Crippen LogP contribution in [0.25, 0.3) is 0 Å². The summed E-state index contributed by atoms with van der Waals surface area (Å²) in [7, 11) is 0. The first-order chi connectivity index (χ1) is 10.1. The summed E-state index contributed by atoms with van der Waals surface area (Å²) >= 11 is 0. The zero-order valence-corrected chi connectivity index (χ0v) is 12.4. The van der Waals surface area contributed by atoms with Crippen molar-refractivity contribution in [3.05, 3.63) is 53.2 Å². The Balaban J connectivity index is 2.21. The van der Waals surface area contributed by atoms with Crippen molar-refractivity contribution in [3.63, 3.8) is 0 Å². The Hall–Kier alpha value is -2.36. The largest absolute Gasteiger partial charge is 0.384 e. The van der Waals surface area contributed by atoms with Gasteiger partial charge in [0.15, 0.2) is 0 Å². The van der Waals surface area contributed by atoms with Crippen molar-refractivity contribution in [3.8, 4) is 0 Å². The van der Waals surface area contributed by atoms with E-state index in [0.29, 0.717) is 6.04 Å². The molecule has 2 aromatic rings. The molecule has 2 heterocycles. The van der Waals surface area contributed by atoms with Crippen LogP contribution in [0.5, 0.6) is 0 Å². The number of pyridine rings is 1. The highest BCUT2D eigenvalue weighted by molar-refractivity contribution is 6.01. The number of hydrogen-bond acceptors (Lipinski definition) is 3. The van der Waals surface area contributed by atoms with Crippen LogP contribution in [0.15, 0.2) is 36.5 Å². The molecule has 0 saturated heterocycles. The Bertz CT molecular complexity index is 693. The second-order valence-corrected chi connectivity index (χ2v) is 5.63. The van der Waals surface area contributed by atoms with E-state index in [1.165, 1.54) is 11.3 Å². The molecule has 0 bridgehead atoms. The number of para-hydroxylation sites is 1. The summed E-state index contributed by atoms with van der Waals surface area (Å²) in [6, 6.07) is 10.7. The number of nitrogens with zero attached hydrogens (tertiary/aromatic N) is 2. The van der Waals surface area contributed by atoms with Crippen molar-refractivity contribution in [2.75, 3.05) is 4.90 Å². The summed E-state index contributed by atoms with van der Waals surface area (Å²) in [6.45, 7) is 4.17. The lowest BCUT2D eigenvalue weighted by molar-refractivity contribution is 0.613. The molecule has 4 heteroatoms. The molecule has 0 amide bonds. The van der Waals surface area contributed by atoms with Crippen LogP contribution in [0.3, 0.4) is 0 Å². The van der Waals surface area contributed by atoms with Gasteiger partial charge in [-0.15, -0.1) is 0 Å². The number of amidine groups is 1. The van der Waals surface area contributed by atoms with Crippen molar-refractivity contribution < 1.29 is 0 Å². The fourth-order valence-electron chi connectivity index (χ4n) is 3.07. The Morgan fingerprint density at radius 1 is 1.33 bits per heavy atom. The molecule has 4 nitrogen and oxygen atoms in total. The van der Waals surface area contributed by atoms with Gasteiger partial charge in [0.05, 0.1) is 5.56 Å². The zero-order chi connectivity index (χ0) is 15.0. The quantitative estimate of drug-likeness (QED) is 0.656. The van der Waals surface area contributed by atoms with Gasteiger partial charge in [0.2, 0.25) is 0 Å². The zero-order valence-electron chi connectivity index (χ0n) is 12.4. The van der Waals surface area contributed by atoms with E-state index in [1.54, 1.807) is 6.20 Å². The van der Waals surface area contributed by atoms with E-state index in [9.17, 15) is 0 Å². The minimum Gasteiger partial charge on any atom is -0.384 e. The van der Waals surface area contributed by atoms with Crippen molar-refractivity contribution in [1.82, 2.24) is 4.98 Å². The molecule has 1 aliphatic heterocycles. The first-order valence-corrected chi connectivity index (χ1v) is 7.26. The monoisotopic (exact) mass is 280 g/mol. The average Bonchev–Trinajstić information content (AvgIpc) is 2.46. The summed E-state index contributed by atoms with van der Waals surface area (Å²) in [5.41, 5.74) is 10.0. The molecule has 1 aliphatic rings. The lowest BCUT2D eigenvalue weighted by atomic mass is 9.95. The Morgan fingerprint density at radius 3 is 2.86 bits per heavy atom. The first kappa shape index (κ1) is 13.6. The normalized spacial score (nSPS) is 17.4.